The summed E-state index contributed by atoms with van der Waals surface area (Å²) in [5.41, 5.74) is 0. The zero-order chi connectivity index (χ0) is 12.8. The molecule has 0 saturated carbocycles. The Morgan fingerprint density at radius 2 is 1.47 bits per heavy atom. The van der Waals surface area contributed by atoms with Crippen LogP contribution in [0, 0.1) is 14.1 Å². The van der Waals surface area contributed by atoms with Crippen molar-refractivity contribution in [1.82, 2.24) is 0 Å². The Balaban J connectivity index is 2.54. The first-order chi connectivity index (χ1) is 7.79. The molecule has 2 aromatic rings. The van der Waals surface area contributed by atoms with Gasteiger partial charge in [-0.05, 0) is 68.7 Å². The van der Waals surface area contributed by atoms with Crippen molar-refractivity contribution in [2.45, 2.75) is 26.6 Å². The maximum absolute atomic E-state index is 2.49. The minimum atomic E-state index is -1.17. The lowest BCUT2D eigenvalue weighted by molar-refractivity contribution is 1.62. The molecule has 0 saturated heterocycles. The number of thiophene rings is 2. The third kappa shape index (κ3) is 3.15. The van der Waals surface area contributed by atoms with E-state index in [4.69, 9.17) is 0 Å². The molecule has 0 aromatic carbocycles. The Morgan fingerprint density at radius 3 is 1.88 bits per heavy atom. The van der Waals surface area contributed by atoms with E-state index in [2.05, 4.69) is 83.9 Å². The molecule has 0 bridgehead atoms. The number of rotatable bonds is 2. The quantitative estimate of drug-likeness (QED) is 0.373. The predicted octanol–water partition coefficient (Wildman–Crippen LogP) is 5.54. The van der Waals surface area contributed by atoms with Crippen LogP contribution >= 0.6 is 67.9 Å². The number of aryl methyl sites for hydroxylation is 1. The van der Waals surface area contributed by atoms with Gasteiger partial charge in [-0.25, -0.2) is 0 Å². The summed E-state index contributed by atoms with van der Waals surface area (Å²) in [5, 5.41) is 0. The van der Waals surface area contributed by atoms with E-state index in [0.717, 1.165) is 0 Å². The van der Waals surface area contributed by atoms with Gasteiger partial charge >= 0.3 is 0 Å². The zero-order valence-electron chi connectivity index (χ0n) is 10.2. The molecule has 0 unspecified atom stereocenters. The summed E-state index contributed by atoms with van der Waals surface area (Å²) in [5.74, 6) is 0. The molecule has 92 valence electrons. The van der Waals surface area contributed by atoms with Crippen LogP contribution in [0.3, 0.4) is 0 Å². The van der Waals surface area contributed by atoms with E-state index in [1.165, 1.54) is 21.8 Å². The molecule has 0 aliphatic rings. The molecule has 0 amide bonds. The molecular formula is C12H14I2S2Si. The maximum atomic E-state index is 2.49. The van der Waals surface area contributed by atoms with Crippen molar-refractivity contribution in [2.24, 2.45) is 0 Å². The summed E-state index contributed by atoms with van der Waals surface area (Å²) in [6.45, 7) is 9.45. The number of hydrogen-bond acceptors (Lipinski definition) is 2. The molecule has 0 spiro atoms. The highest BCUT2D eigenvalue weighted by Gasteiger charge is 2.22. The summed E-state index contributed by atoms with van der Waals surface area (Å²) < 4.78 is 4.43. The third-order valence-electron chi connectivity index (χ3n) is 2.44. The second-order valence-corrected chi connectivity index (χ2v) is 15.1. The van der Waals surface area contributed by atoms with Crippen LogP contribution in [-0.4, -0.2) is 8.07 Å². The second kappa shape index (κ2) is 5.22. The van der Waals surface area contributed by atoms with Gasteiger partial charge in [0, 0.05) is 12.0 Å². The van der Waals surface area contributed by atoms with Crippen molar-refractivity contribution in [2.75, 3.05) is 0 Å². The van der Waals surface area contributed by atoms with E-state index in [9.17, 15) is 0 Å². The molecule has 0 fully saturated rings. The van der Waals surface area contributed by atoms with Gasteiger partial charge in [0.1, 0.15) is 0 Å². The van der Waals surface area contributed by atoms with Gasteiger partial charge in [0.2, 0.25) is 0 Å². The van der Waals surface area contributed by atoms with Crippen molar-refractivity contribution in [3.05, 3.63) is 24.2 Å². The van der Waals surface area contributed by atoms with Crippen LogP contribution in [-0.2, 0) is 0 Å². The Labute approximate surface area is 139 Å². The van der Waals surface area contributed by atoms with Gasteiger partial charge in [0.25, 0.3) is 0 Å². The van der Waals surface area contributed by atoms with Gasteiger partial charge < -0.3 is 0 Å². The highest BCUT2D eigenvalue weighted by Crippen LogP contribution is 2.39. The summed E-state index contributed by atoms with van der Waals surface area (Å²) in [7, 11) is -1.17. The van der Waals surface area contributed by atoms with Crippen molar-refractivity contribution < 1.29 is 0 Å². The lowest BCUT2D eigenvalue weighted by Crippen LogP contribution is -2.34. The van der Waals surface area contributed by atoms with Gasteiger partial charge in [0.15, 0.2) is 0 Å². The van der Waals surface area contributed by atoms with E-state index in [1.807, 2.05) is 22.7 Å². The maximum Gasteiger partial charge on any atom is 0.0904 e. The summed E-state index contributed by atoms with van der Waals surface area (Å²) >= 11 is 8.87. The summed E-state index contributed by atoms with van der Waals surface area (Å²) in [6.07, 6.45) is 0. The molecule has 2 heterocycles. The smallest absolute Gasteiger partial charge is 0.0904 e. The Kier molecular flexibility index (Phi) is 4.45. The second-order valence-electron chi connectivity index (χ2n) is 5.07. The molecule has 0 nitrogen and oxygen atoms in total. The standard InChI is InChI=1S/C12H14I2S2Si/c1-7-5-8(13)11(15-7)12-9(14)6-10(16-12)17(2,3)4/h5-6H,1-4H3. The lowest BCUT2D eigenvalue weighted by Gasteiger charge is -2.12. The van der Waals surface area contributed by atoms with E-state index >= 15 is 0 Å². The molecule has 0 aliphatic carbocycles. The molecule has 17 heavy (non-hydrogen) atoms. The van der Waals surface area contributed by atoms with Crippen molar-refractivity contribution in [1.29, 1.82) is 0 Å². The largest absolute Gasteiger partial charge is 0.143 e. The van der Waals surface area contributed by atoms with E-state index in [0.29, 0.717) is 0 Å². The summed E-state index contributed by atoms with van der Waals surface area (Å²) in [4.78, 5) is 4.34. The highest BCUT2D eigenvalue weighted by molar-refractivity contribution is 14.1. The SMILES string of the molecule is Cc1cc(I)c(-c2sc([Si](C)(C)C)cc2I)s1. The van der Waals surface area contributed by atoms with E-state index in [1.54, 1.807) is 4.50 Å². The highest BCUT2D eigenvalue weighted by atomic mass is 127. The predicted molar refractivity (Wildman–Crippen MR) is 101 cm³/mol. The van der Waals surface area contributed by atoms with Gasteiger partial charge in [0.05, 0.1) is 17.8 Å². The van der Waals surface area contributed by atoms with Gasteiger partial charge in [-0.15, -0.1) is 22.7 Å². The minimum absolute atomic E-state index is 1.17. The zero-order valence-corrected chi connectivity index (χ0v) is 17.2. The van der Waals surface area contributed by atoms with Gasteiger partial charge in [-0.3, -0.25) is 0 Å². The topological polar surface area (TPSA) is 0 Å². The monoisotopic (exact) mass is 504 g/mol. The van der Waals surface area contributed by atoms with Gasteiger partial charge in [-0.1, -0.05) is 19.6 Å². The summed E-state index contributed by atoms with van der Waals surface area (Å²) in [6, 6.07) is 4.68. The van der Waals surface area contributed by atoms with Crippen LogP contribution in [0.15, 0.2) is 12.1 Å². The van der Waals surface area contributed by atoms with Crippen LogP contribution in [0.2, 0.25) is 19.6 Å². The van der Waals surface area contributed by atoms with Crippen molar-refractivity contribution >= 4 is 80.4 Å². The first kappa shape index (κ1) is 14.5. The van der Waals surface area contributed by atoms with Crippen LogP contribution < -0.4 is 4.50 Å². The first-order valence-corrected chi connectivity index (χ1v) is 12.6. The average molecular weight is 504 g/mol. The molecule has 0 radical (unpaired) electrons. The average Bonchev–Trinajstić information content (AvgIpc) is 2.68. The van der Waals surface area contributed by atoms with Crippen molar-refractivity contribution in [3.8, 4) is 9.75 Å². The molecule has 5 heteroatoms. The normalized spacial score (nSPS) is 12.1. The van der Waals surface area contributed by atoms with Crippen LogP contribution in [0.5, 0.6) is 0 Å². The number of hydrogen-bond donors (Lipinski definition) is 0. The van der Waals surface area contributed by atoms with Crippen LogP contribution in [0.1, 0.15) is 4.88 Å². The number of halogens is 2. The fraction of sp³-hybridized carbons (Fsp3) is 0.333. The van der Waals surface area contributed by atoms with Gasteiger partial charge in [-0.2, -0.15) is 0 Å². The fourth-order valence-electron chi connectivity index (χ4n) is 1.53. The molecular weight excluding hydrogens is 490 g/mol. The van der Waals surface area contributed by atoms with Crippen LogP contribution in [0.25, 0.3) is 9.75 Å². The van der Waals surface area contributed by atoms with E-state index < -0.39 is 8.07 Å². The molecule has 0 aliphatic heterocycles. The fourth-order valence-corrected chi connectivity index (χ4v) is 8.56. The van der Waals surface area contributed by atoms with E-state index in [-0.39, 0.29) is 0 Å². The Bertz CT molecular complexity index is 549. The third-order valence-corrected chi connectivity index (χ3v) is 10.8. The molecule has 2 rings (SSSR count). The minimum Gasteiger partial charge on any atom is -0.143 e. The Morgan fingerprint density at radius 1 is 0.941 bits per heavy atom. The van der Waals surface area contributed by atoms with Crippen molar-refractivity contribution in [3.63, 3.8) is 0 Å². The lowest BCUT2D eigenvalue weighted by atomic mass is 10.4. The van der Waals surface area contributed by atoms with Crippen LogP contribution in [0.4, 0.5) is 0 Å². The first-order valence-electron chi connectivity index (χ1n) is 5.35. The molecule has 2 aromatic heterocycles. The Hall–Kier alpha value is 1.08. The molecule has 0 N–H and O–H groups in total. The molecule has 0 atom stereocenters.